The van der Waals surface area contributed by atoms with E-state index in [9.17, 15) is 9.59 Å². The van der Waals surface area contributed by atoms with E-state index in [0.29, 0.717) is 19.1 Å². The van der Waals surface area contributed by atoms with Crippen molar-refractivity contribution in [3.8, 4) is 0 Å². The van der Waals surface area contributed by atoms with Gasteiger partial charge in [0.15, 0.2) is 0 Å². The minimum absolute atomic E-state index is 0.00116. The Morgan fingerprint density at radius 2 is 1.89 bits per heavy atom. The van der Waals surface area contributed by atoms with Crippen molar-refractivity contribution in [2.75, 3.05) is 20.3 Å². The molecule has 110 valence electrons. The van der Waals surface area contributed by atoms with Gasteiger partial charge in [0.1, 0.15) is 0 Å². The molecule has 5 nitrogen and oxygen atoms in total. The van der Waals surface area contributed by atoms with Gasteiger partial charge in [0.25, 0.3) is 0 Å². The predicted molar refractivity (Wildman–Crippen MR) is 71.7 cm³/mol. The highest BCUT2D eigenvalue weighted by Gasteiger charge is 2.29. The standard InChI is InChI=1S/C14H25NO4/c1-4-19-13(16)9-11(2)15(10-14(17)18-3)12-7-5-6-8-12/h11-12H,4-10H2,1-3H3. The molecule has 0 aromatic carbocycles. The molecular formula is C14H25NO4. The van der Waals surface area contributed by atoms with Crippen LogP contribution in [0, 0.1) is 0 Å². The van der Waals surface area contributed by atoms with E-state index in [-0.39, 0.29) is 24.5 Å². The molecule has 0 spiro atoms. The lowest BCUT2D eigenvalue weighted by atomic mass is 10.1. The molecule has 0 heterocycles. The summed E-state index contributed by atoms with van der Waals surface area (Å²) in [5, 5.41) is 0. The topological polar surface area (TPSA) is 55.8 Å². The van der Waals surface area contributed by atoms with Gasteiger partial charge in [-0.15, -0.1) is 0 Å². The fourth-order valence-electron chi connectivity index (χ4n) is 2.67. The molecule has 1 unspecified atom stereocenters. The van der Waals surface area contributed by atoms with Crippen LogP contribution >= 0.6 is 0 Å². The maximum absolute atomic E-state index is 11.6. The van der Waals surface area contributed by atoms with Crippen LogP contribution in [0.15, 0.2) is 0 Å². The molecule has 0 saturated heterocycles. The van der Waals surface area contributed by atoms with E-state index in [1.54, 1.807) is 6.92 Å². The SMILES string of the molecule is CCOC(=O)CC(C)N(CC(=O)OC)C1CCCC1. The van der Waals surface area contributed by atoms with Crippen molar-refractivity contribution in [1.29, 1.82) is 0 Å². The summed E-state index contributed by atoms with van der Waals surface area (Å²) in [5.74, 6) is -0.453. The molecule has 19 heavy (non-hydrogen) atoms. The molecule has 0 aromatic heterocycles. The zero-order chi connectivity index (χ0) is 14.3. The summed E-state index contributed by atoms with van der Waals surface area (Å²) in [7, 11) is 1.39. The van der Waals surface area contributed by atoms with Crippen LogP contribution in [-0.4, -0.2) is 49.2 Å². The minimum atomic E-state index is -0.248. The minimum Gasteiger partial charge on any atom is -0.468 e. The zero-order valence-electron chi connectivity index (χ0n) is 12.2. The van der Waals surface area contributed by atoms with Crippen LogP contribution in [0.3, 0.4) is 0 Å². The van der Waals surface area contributed by atoms with Gasteiger partial charge in [-0.3, -0.25) is 14.5 Å². The molecule has 0 radical (unpaired) electrons. The Hall–Kier alpha value is -1.10. The van der Waals surface area contributed by atoms with E-state index < -0.39 is 0 Å². The van der Waals surface area contributed by atoms with Gasteiger partial charge in [0.2, 0.25) is 0 Å². The van der Waals surface area contributed by atoms with Gasteiger partial charge in [-0.05, 0) is 26.7 Å². The van der Waals surface area contributed by atoms with Gasteiger partial charge in [0, 0.05) is 12.1 Å². The highest BCUT2D eigenvalue weighted by molar-refractivity contribution is 5.72. The van der Waals surface area contributed by atoms with Crippen LogP contribution in [0.5, 0.6) is 0 Å². The van der Waals surface area contributed by atoms with Crippen LogP contribution in [0.25, 0.3) is 0 Å². The van der Waals surface area contributed by atoms with Crippen molar-refractivity contribution in [3.05, 3.63) is 0 Å². The average molecular weight is 271 g/mol. The Balaban J connectivity index is 2.60. The van der Waals surface area contributed by atoms with E-state index in [4.69, 9.17) is 9.47 Å². The fraction of sp³-hybridized carbons (Fsp3) is 0.857. The maximum atomic E-state index is 11.6. The number of hydrogen-bond donors (Lipinski definition) is 0. The number of esters is 2. The molecule has 1 rings (SSSR count). The zero-order valence-corrected chi connectivity index (χ0v) is 12.2. The third-order valence-electron chi connectivity index (χ3n) is 3.67. The number of rotatable bonds is 7. The van der Waals surface area contributed by atoms with E-state index in [1.165, 1.54) is 20.0 Å². The molecule has 0 N–H and O–H groups in total. The van der Waals surface area contributed by atoms with Crippen LogP contribution in [0.2, 0.25) is 0 Å². The summed E-state index contributed by atoms with van der Waals surface area (Å²) in [6.45, 7) is 4.41. The molecular weight excluding hydrogens is 246 g/mol. The predicted octanol–water partition coefficient (Wildman–Crippen LogP) is 1.75. The first kappa shape index (κ1) is 16.0. The van der Waals surface area contributed by atoms with Gasteiger partial charge < -0.3 is 9.47 Å². The van der Waals surface area contributed by atoms with E-state index >= 15 is 0 Å². The normalized spacial score (nSPS) is 17.5. The summed E-state index contributed by atoms with van der Waals surface area (Å²) in [5.41, 5.74) is 0. The van der Waals surface area contributed by atoms with Gasteiger partial charge >= 0.3 is 11.9 Å². The maximum Gasteiger partial charge on any atom is 0.319 e. The highest BCUT2D eigenvalue weighted by Crippen LogP contribution is 2.26. The van der Waals surface area contributed by atoms with Gasteiger partial charge in [-0.1, -0.05) is 12.8 Å². The second-order valence-electron chi connectivity index (χ2n) is 5.04. The van der Waals surface area contributed by atoms with Crippen molar-refractivity contribution in [2.45, 2.75) is 58.0 Å². The monoisotopic (exact) mass is 271 g/mol. The van der Waals surface area contributed by atoms with Gasteiger partial charge in [-0.2, -0.15) is 0 Å². The van der Waals surface area contributed by atoms with E-state index in [2.05, 4.69) is 4.90 Å². The Labute approximate surface area is 115 Å². The van der Waals surface area contributed by atoms with Gasteiger partial charge in [-0.25, -0.2) is 0 Å². The number of nitrogens with zero attached hydrogens (tertiary/aromatic N) is 1. The van der Waals surface area contributed by atoms with Crippen molar-refractivity contribution in [2.24, 2.45) is 0 Å². The summed E-state index contributed by atoms with van der Waals surface area (Å²) in [4.78, 5) is 25.2. The van der Waals surface area contributed by atoms with E-state index in [1.807, 2.05) is 6.92 Å². The first-order chi connectivity index (χ1) is 9.08. The van der Waals surface area contributed by atoms with Crippen LogP contribution in [-0.2, 0) is 19.1 Å². The number of carbonyl (C=O) groups is 2. The Morgan fingerprint density at radius 3 is 2.42 bits per heavy atom. The average Bonchev–Trinajstić information content (AvgIpc) is 2.89. The number of ether oxygens (including phenoxy) is 2. The molecule has 1 aliphatic carbocycles. The van der Waals surface area contributed by atoms with E-state index in [0.717, 1.165) is 12.8 Å². The van der Waals surface area contributed by atoms with Crippen molar-refractivity contribution < 1.29 is 19.1 Å². The van der Waals surface area contributed by atoms with Crippen molar-refractivity contribution in [3.63, 3.8) is 0 Å². The lowest BCUT2D eigenvalue weighted by molar-refractivity contribution is -0.148. The number of methoxy groups -OCH3 is 1. The van der Waals surface area contributed by atoms with Crippen molar-refractivity contribution in [1.82, 2.24) is 4.90 Å². The van der Waals surface area contributed by atoms with Crippen LogP contribution in [0.1, 0.15) is 46.0 Å². The molecule has 1 saturated carbocycles. The van der Waals surface area contributed by atoms with Gasteiger partial charge in [0.05, 0.1) is 26.7 Å². The lowest BCUT2D eigenvalue weighted by Gasteiger charge is -2.33. The second-order valence-corrected chi connectivity index (χ2v) is 5.04. The first-order valence-electron chi connectivity index (χ1n) is 7.06. The molecule has 1 atom stereocenters. The molecule has 1 fully saturated rings. The van der Waals surface area contributed by atoms with Crippen LogP contribution in [0.4, 0.5) is 0 Å². The quantitative estimate of drug-likeness (QED) is 0.660. The molecule has 1 aliphatic rings. The summed E-state index contributed by atoms with van der Waals surface area (Å²) in [6, 6.07) is 0.379. The third kappa shape index (κ3) is 5.19. The smallest absolute Gasteiger partial charge is 0.319 e. The Morgan fingerprint density at radius 1 is 1.26 bits per heavy atom. The summed E-state index contributed by atoms with van der Waals surface area (Å²) >= 11 is 0. The number of carbonyl (C=O) groups excluding carboxylic acids is 2. The highest BCUT2D eigenvalue weighted by atomic mass is 16.5. The lowest BCUT2D eigenvalue weighted by Crippen LogP contribution is -2.45. The second kappa shape index (κ2) is 8.15. The van der Waals surface area contributed by atoms with Crippen LogP contribution < -0.4 is 0 Å². The largest absolute Gasteiger partial charge is 0.468 e. The number of hydrogen-bond acceptors (Lipinski definition) is 5. The Kier molecular flexibility index (Phi) is 6.84. The molecule has 0 bridgehead atoms. The Bertz CT molecular complexity index is 300. The molecule has 0 amide bonds. The molecule has 0 aliphatic heterocycles. The third-order valence-corrected chi connectivity index (χ3v) is 3.67. The summed E-state index contributed by atoms with van der Waals surface area (Å²) < 4.78 is 9.72. The summed E-state index contributed by atoms with van der Waals surface area (Å²) in [6.07, 6.45) is 4.87. The first-order valence-corrected chi connectivity index (χ1v) is 7.06. The van der Waals surface area contributed by atoms with Crippen molar-refractivity contribution >= 4 is 11.9 Å². The molecule has 5 heteroatoms. The molecule has 0 aromatic rings. The fourth-order valence-corrected chi connectivity index (χ4v) is 2.67.